The van der Waals surface area contributed by atoms with Crippen LogP contribution in [0.2, 0.25) is 0 Å². The van der Waals surface area contributed by atoms with E-state index in [1.807, 2.05) is 4.90 Å². The zero-order chi connectivity index (χ0) is 17.7. The first-order chi connectivity index (χ1) is 11.4. The topological polar surface area (TPSA) is 70.8 Å². The molecule has 2 saturated heterocycles. The van der Waals surface area contributed by atoms with E-state index >= 15 is 0 Å². The third-order valence-corrected chi connectivity index (χ3v) is 5.42. The largest absolute Gasteiger partial charge is 0.396 e. The van der Waals surface area contributed by atoms with Crippen LogP contribution in [0.4, 0.5) is 0 Å². The summed E-state index contributed by atoms with van der Waals surface area (Å²) in [7, 11) is 0. The molecule has 2 fully saturated rings. The van der Waals surface area contributed by atoms with Crippen LogP contribution >= 0.6 is 0 Å². The lowest BCUT2D eigenvalue weighted by Crippen LogP contribution is -2.55. The number of carbonyl (C=O) groups excluding carboxylic acids is 1. The summed E-state index contributed by atoms with van der Waals surface area (Å²) >= 11 is 0. The van der Waals surface area contributed by atoms with Gasteiger partial charge in [0, 0.05) is 44.7 Å². The number of hydrogen-bond donors (Lipinski definition) is 1. The van der Waals surface area contributed by atoms with Crippen LogP contribution in [0.3, 0.4) is 0 Å². The highest BCUT2D eigenvalue weighted by atomic mass is 16.3. The minimum atomic E-state index is -0.0749. The van der Waals surface area contributed by atoms with Crippen molar-refractivity contribution in [3.05, 3.63) is 0 Å². The molecule has 6 nitrogen and oxygen atoms in total. The fourth-order valence-corrected chi connectivity index (χ4v) is 3.88. The van der Waals surface area contributed by atoms with E-state index < -0.39 is 0 Å². The third kappa shape index (κ3) is 4.69. The molecule has 0 aromatic rings. The van der Waals surface area contributed by atoms with Gasteiger partial charge in [-0.1, -0.05) is 20.8 Å². The molecule has 136 valence electrons. The number of piperazine rings is 1. The summed E-state index contributed by atoms with van der Waals surface area (Å²) in [5.74, 6) is 0.483. The van der Waals surface area contributed by atoms with Gasteiger partial charge in [0.2, 0.25) is 5.91 Å². The standard InChI is InChI=1S/C18H32N4O2/c1-15(2)16(11-19)21-7-9-22(10-8-21)17(24)12-20-6-4-5-18(3,13-20)14-23/h15-16,23H,4-10,12-14H2,1-3H3/t16-,18-/m1/s1. The van der Waals surface area contributed by atoms with E-state index in [0.717, 1.165) is 39.0 Å². The number of piperidine rings is 1. The summed E-state index contributed by atoms with van der Waals surface area (Å²) in [5.41, 5.74) is -0.0749. The Balaban J connectivity index is 1.82. The summed E-state index contributed by atoms with van der Waals surface area (Å²) in [4.78, 5) is 18.9. The number of amides is 1. The van der Waals surface area contributed by atoms with E-state index in [4.69, 9.17) is 0 Å². The second kappa shape index (κ2) is 8.28. The average molecular weight is 336 g/mol. The number of nitriles is 1. The molecule has 0 aliphatic carbocycles. The molecule has 2 aliphatic rings. The maximum atomic E-state index is 12.6. The quantitative estimate of drug-likeness (QED) is 0.803. The first kappa shape index (κ1) is 19.2. The fraction of sp³-hybridized carbons (Fsp3) is 0.889. The van der Waals surface area contributed by atoms with E-state index in [1.54, 1.807) is 0 Å². The van der Waals surface area contributed by atoms with E-state index in [-0.39, 0.29) is 24.0 Å². The second-order valence-corrected chi connectivity index (χ2v) is 8.02. The number of aliphatic hydroxyl groups excluding tert-OH is 1. The van der Waals surface area contributed by atoms with Gasteiger partial charge in [-0.15, -0.1) is 0 Å². The van der Waals surface area contributed by atoms with Crippen molar-refractivity contribution in [3.63, 3.8) is 0 Å². The van der Waals surface area contributed by atoms with Crippen molar-refractivity contribution < 1.29 is 9.90 Å². The van der Waals surface area contributed by atoms with E-state index in [9.17, 15) is 15.2 Å². The summed E-state index contributed by atoms with van der Waals surface area (Å²) in [6, 6.07) is 2.33. The normalized spacial score (nSPS) is 27.9. The van der Waals surface area contributed by atoms with Crippen molar-refractivity contribution in [3.8, 4) is 6.07 Å². The molecule has 0 bridgehead atoms. The van der Waals surface area contributed by atoms with Gasteiger partial charge in [-0.05, 0) is 25.3 Å². The molecule has 2 aliphatic heterocycles. The maximum Gasteiger partial charge on any atom is 0.236 e. The molecule has 0 radical (unpaired) electrons. The van der Waals surface area contributed by atoms with Crippen LogP contribution in [0.5, 0.6) is 0 Å². The number of rotatable bonds is 5. The number of hydrogen-bond acceptors (Lipinski definition) is 5. The summed E-state index contributed by atoms with van der Waals surface area (Å²) in [6.45, 7) is 11.5. The van der Waals surface area contributed by atoms with Gasteiger partial charge >= 0.3 is 0 Å². The number of nitrogens with zero attached hydrogens (tertiary/aromatic N) is 4. The van der Waals surface area contributed by atoms with Crippen molar-refractivity contribution in [1.82, 2.24) is 14.7 Å². The lowest BCUT2D eigenvalue weighted by Gasteiger charge is -2.41. The van der Waals surface area contributed by atoms with E-state index in [1.165, 1.54) is 0 Å². The van der Waals surface area contributed by atoms with Crippen LogP contribution in [-0.2, 0) is 4.79 Å². The molecule has 2 atom stereocenters. The Kier molecular flexibility index (Phi) is 6.62. The molecule has 6 heteroatoms. The van der Waals surface area contributed by atoms with Gasteiger partial charge in [0.25, 0.3) is 0 Å². The predicted molar refractivity (Wildman–Crippen MR) is 93.3 cm³/mol. The van der Waals surface area contributed by atoms with Gasteiger partial charge < -0.3 is 10.0 Å². The van der Waals surface area contributed by atoms with Gasteiger partial charge in [-0.3, -0.25) is 14.6 Å². The second-order valence-electron chi connectivity index (χ2n) is 8.02. The van der Waals surface area contributed by atoms with E-state index in [2.05, 4.69) is 36.6 Å². The Morgan fingerprint density at radius 3 is 2.46 bits per heavy atom. The lowest BCUT2D eigenvalue weighted by molar-refractivity contribution is -0.135. The minimum Gasteiger partial charge on any atom is -0.396 e. The third-order valence-electron chi connectivity index (χ3n) is 5.42. The molecule has 0 spiro atoms. The van der Waals surface area contributed by atoms with Crippen molar-refractivity contribution in [2.45, 2.75) is 39.7 Å². The van der Waals surface area contributed by atoms with Gasteiger partial charge in [0.05, 0.1) is 12.6 Å². The Bertz CT molecular complexity index is 468. The smallest absolute Gasteiger partial charge is 0.236 e. The van der Waals surface area contributed by atoms with Gasteiger partial charge in [-0.2, -0.15) is 5.26 Å². The summed E-state index contributed by atoms with van der Waals surface area (Å²) in [6.07, 6.45) is 2.06. The van der Waals surface area contributed by atoms with E-state index in [0.29, 0.717) is 25.6 Å². The van der Waals surface area contributed by atoms with Crippen LogP contribution in [0.15, 0.2) is 0 Å². The lowest BCUT2D eigenvalue weighted by atomic mass is 9.83. The zero-order valence-electron chi connectivity index (χ0n) is 15.4. The first-order valence-electron chi connectivity index (χ1n) is 9.13. The van der Waals surface area contributed by atoms with Crippen molar-refractivity contribution >= 4 is 5.91 Å². The SMILES string of the molecule is CC(C)[C@@H](C#N)N1CCN(C(=O)CN2CCC[C@@](C)(CO)C2)CC1. The van der Waals surface area contributed by atoms with Crippen LogP contribution in [0.25, 0.3) is 0 Å². The number of aliphatic hydroxyl groups is 1. The fourth-order valence-electron chi connectivity index (χ4n) is 3.88. The monoisotopic (exact) mass is 336 g/mol. The van der Waals surface area contributed by atoms with Crippen molar-refractivity contribution in [1.29, 1.82) is 5.26 Å². The highest BCUT2D eigenvalue weighted by molar-refractivity contribution is 5.78. The molecular formula is C18H32N4O2. The van der Waals surface area contributed by atoms with Gasteiger partial charge in [0.1, 0.15) is 6.04 Å². The van der Waals surface area contributed by atoms with Crippen LogP contribution in [0.1, 0.15) is 33.6 Å². The Hall–Kier alpha value is -1.16. The minimum absolute atomic E-state index is 0.0605. The molecule has 0 aromatic heterocycles. The highest BCUT2D eigenvalue weighted by Crippen LogP contribution is 2.28. The zero-order valence-corrected chi connectivity index (χ0v) is 15.4. The Morgan fingerprint density at radius 2 is 1.92 bits per heavy atom. The summed E-state index contributed by atoms with van der Waals surface area (Å²) < 4.78 is 0. The van der Waals surface area contributed by atoms with Crippen molar-refractivity contribution in [2.75, 3.05) is 52.4 Å². The molecule has 24 heavy (non-hydrogen) atoms. The molecule has 0 aromatic carbocycles. The van der Waals surface area contributed by atoms with Gasteiger partial charge in [-0.25, -0.2) is 0 Å². The molecular weight excluding hydrogens is 304 g/mol. The predicted octanol–water partition coefficient (Wildman–Crippen LogP) is 0.773. The van der Waals surface area contributed by atoms with Crippen molar-refractivity contribution in [2.24, 2.45) is 11.3 Å². The Morgan fingerprint density at radius 1 is 1.25 bits per heavy atom. The average Bonchev–Trinajstić information content (AvgIpc) is 2.56. The number of likely N-dealkylation sites (tertiary alicyclic amines) is 1. The first-order valence-corrected chi connectivity index (χ1v) is 9.13. The van der Waals surface area contributed by atoms with Crippen LogP contribution in [0, 0.1) is 22.7 Å². The number of carbonyl (C=O) groups is 1. The highest BCUT2D eigenvalue weighted by Gasteiger charge is 2.33. The maximum absolute atomic E-state index is 12.6. The Labute approximate surface area is 146 Å². The molecule has 1 N–H and O–H groups in total. The van der Waals surface area contributed by atoms with Gasteiger partial charge in [0.15, 0.2) is 0 Å². The molecule has 2 heterocycles. The van der Waals surface area contributed by atoms with Crippen LogP contribution in [-0.4, -0.2) is 84.2 Å². The van der Waals surface area contributed by atoms with Crippen LogP contribution < -0.4 is 0 Å². The molecule has 1 amide bonds. The molecule has 0 unspecified atom stereocenters. The molecule has 0 saturated carbocycles. The molecule has 2 rings (SSSR count). The summed E-state index contributed by atoms with van der Waals surface area (Å²) in [5, 5.41) is 18.9.